The summed E-state index contributed by atoms with van der Waals surface area (Å²) in [4.78, 5) is 30.9. The zero-order valence-corrected chi connectivity index (χ0v) is 18.4. The summed E-state index contributed by atoms with van der Waals surface area (Å²) in [5.74, 6) is 0.633. The van der Waals surface area contributed by atoms with Crippen LogP contribution in [0.15, 0.2) is 65.3 Å². The van der Waals surface area contributed by atoms with Crippen molar-refractivity contribution in [1.82, 2.24) is 30.6 Å². The Morgan fingerprint density at radius 2 is 1.82 bits per heavy atom. The van der Waals surface area contributed by atoms with Crippen molar-refractivity contribution in [2.24, 2.45) is 0 Å². The Bertz CT molecular complexity index is 1230. The van der Waals surface area contributed by atoms with E-state index in [4.69, 9.17) is 4.52 Å². The molecule has 0 spiro atoms. The number of carbonyl (C=O) groups is 2. The topological polar surface area (TPSA) is 117 Å². The molecule has 0 bridgehead atoms. The lowest BCUT2D eigenvalue weighted by Gasteiger charge is -2.15. The number of nitrogens with zero attached hydrogens (tertiary/aromatic N) is 4. The van der Waals surface area contributed by atoms with Gasteiger partial charge < -0.3 is 14.7 Å². The number of likely N-dealkylation sites (N-methyl/N-ethyl adjacent to an activating group) is 1. The minimum atomic E-state index is -0.181. The van der Waals surface area contributed by atoms with E-state index in [-0.39, 0.29) is 11.8 Å². The van der Waals surface area contributed by atoms with Crippen molar-refractivity contribution in [3.8, 4) is 11.5 Å². The number of aromatic amines is 1. The summed E-state index contributed by atoms with van der Waals surface area (Å²) in [6.45, 7) is 2.76. The summed E-state index contributed by atoms with van der Waals surface area (Å²) < 4.78 is 5.36. The van der Waals surface area contributed by atoms with Crippen LogP contribution < -0.4 is 5.32 Å². The fourth-order valence-corrected chi connectivity index (χ4v) is 3.24. The molecule has 4 aromatic rings. The second-order valence-electron chi connectivity index (χ2n) is 7.64. The molecule has 0 unspecified atom stereocenters. The highest BCUT2D eigenvalue weighted by molar-refractivity contribution is 5.94. The smallest absolute Gasteiger partial charge is 0.257 e. The summed E-state index contributed by atoms with van der Waals surface area (Å²) in [5, 5.41) is 13.7. The normalized spacial score (nSPS) is 10.7. The van der Waals surface area contributed by atoms with Gasteiger partial charge in [0, 0.05) is 54.5 Å². The molecule has 33 heavy (non-hydrogen) atoms. The number of amides is 2. The Kier molecular flexibility index (Phi) is 6.58. The summed E-state index contributed by atoms with van der Waals surface area (Å²) >= 11 is 0. The van der Waals surface area contributed by atoms with E-state index in [0.29, 0.717) is 47.9 Å². The first-order valence-corrected chi connectivity index (χ1v) is 10.5. The lowest BCUT2D eigenvalue weighted by Crippen LogP contribution is -2.29. The Hall–Kier alpha value is -4.27. The minimum Gasteiger partial charge on any atom is -0.348 e. The second kappa shape index (κ2) is 9.90. The van der Waals surface area contributed by atoms with Gasteiger partial charge in [-0.25, -0.2) is 0 Å². The highest BCUT2D eigenvalue weighted by atomic mass is 16.5. The van der Waals surface area contributed by atoms with Crippen molar-refractivity contribution < 1.29 is 14.1 Å². The quantitative estimate of drug-likeness (QED) is 0.431. The number of hydrogen-bond donors (Lipinski definition) is 2. The van der Waals surface area contributed by atoms with Crippen LogP contribution in [-0.4, -0.2) is 50.6 Å². The molecule has 0 aliphatic rings. The molecule has 2 N–H and O–H groups in total. The average molecular weight is 444 g/mol. The number of carbonyl (C=O) groups excluding carboxylic acids is 2. The lowest BCUT2D eigenvalue weighted by molar-refractivity contribution is 0.0795. The molecule has 168 valence electrons. The Labute approximate surface area is 190 Å². The van der Waals surface area contributed by atoms with Crippen molar-refractivity contribution in [1.29, 1.82) is 0 Å². The molecule has 4 rings (SSSR count). The zero-order valence-electron chi connectivity index (χ0n) is 18.4. The molecule has 9 nitrogen and oxygen atoms in total. The first-order valence-electron chi connectivity index (χ1n) is 10.5. The molecule has 2 aromatic heterocycles. The SMILES string of the molecule is Cc1[nH]ncc1CNC(=O)c1ccc(-c2nc(CCN(C)C(=O)c3ccccc3)no2)cc1. The van der Waals surface area contributed by atoms with E-state index in [2.05, 4.69) is 25.7 Å². The maximum atomic E-state index is 12.4. The average Bonchev–Trinajstić information content (AvgIpc) is 3.50. The maximum absolute atomic E-state index is 12.4. The van der Waals surface area contributed by atoms with Gasteiger partial charge in [0.05, 0.1) is 6.20 Å². The van der Waals surface area contributed by atoms with E-state index in [1.54, 1.807) is 54.5 Å². The number of rotatable bonds is 8. The van der Waals surface area contributed by atoms with Crippen molar-refractivity contribution >= 4 is 11.8 Å². The maximum Gasteiger partial charge on any atom is 0.257 e. The van der Waals surface area contributed by atoms with E-state index < -0.39 is 0 Å². The number of hydrogen-bond acceptors (Lipinski definition) is 6. The van der Waals surface area contributed by atoms with Gasteiger partial charge in [0.25, 0.3) is 17.7 Å². The lowest BCUT2D eigenvalue weighted by atomic mass is 10.1. The van der Waals surface area contributed by atoms with Crippen LogP contribution in [0.5, 0.6) is 0 Å². The van der Waals surface area contributed by atoms with E-state index in [1.165, 1.54) is 0 Å². The minimum absolute atomic E-state index is 0.0592. The molecule has 0 aliphatic heterocycles. The Morgan fingerprint density at radius 3 is 2.52 bits per heavy atom. The molecular formula is C24H24N6O3. The van der Waals surface area contributed by atoms with Crippen molar-refractivity contribution in [3.63, 3.8) is 0 Å². The van der Waals surface area contributed by atoms with Crippen LogP contribution in [0.3, 0.4) is 0 Å². The molecule has 2 amide bonds. The van der Waals surface area contributed by atoms with Gasteiger partial charge in [-0.2, -0.15) is 10.1 Å². The largest absolute Gasteiger partial charge is 0.348 e. The van der Waals surface area contributed by atoms with Crippen LogP contribution in [0.2, 0.25) is 0 Å². The molecule has 0 saturated carbocycles. The molecular weight excluding hydrogens is 420 g/mol. The number of aromatic nitrogens is 4. The molecule has 0 saturated heterocycles. The van der Waals surface area contributed by atoms with Gasteiger partial charge in [0.15, 0.2) is 5.82 Å². The van der Waals surface area contributed by atoms with Gasteiger partial charge in [-0.05, 0) is 43.3 Å². The molecule has 0 atom stereocenters. The predicted molar refractivity (Wildman–Crippen MR) is 121 cm³/mol. The summed E-state index contributed by atoms with van der Waals surface area (Å²) in [6, 6.07) is 16.1. The van der Waals surface area contributed by atoms with Crippen LogP contribution in [-0.2, 0) is 13.0 Å². The molecule has 0 aliphatic carbocycles. The zero-order chi connectivity index (χ0) is 23.2. The van der Waals surface area contributed by atoms with E-state index in [9.17, 15) is 9.59 Å². The van der Waals surface area contributed by atoms with E-state index in [0.717, 1.165) is 11.3 Å². The summed E-state index contributed by atoms with van der Waals surface area (Å²) in [7, 11) is 1.74. The van der Waals surface area contributed by atoms with Gasteiger partial charge in [-0.15, -0.1) is 0 Å². The molecule has 2 heterocycles. The first-order chi connectivity index (χ1) is 16.0. The van der Waals surface area contributed by atoms with Crippen LogP contribution in [0.1, 0.15) is 37.8 Å². The Balaban J connectivity index is 1.32. The van der Waals surface area contributed by atoms with Crippen LogP contribution >= 0.6 is 0 Å². The van der Waals surface area contributed by atoms with Gasteiger partial charge in [-0.1, -0.05) is 23.4 Å². The molecule has 0 fully saturated rings. The fourth-order valence-electron chi connectivity index (χ4n) is 3.24. The highest BCUT2D eigenvalue weighted by Crippen LogP contribution is 2.18. The van der Waals surface area contributed by atoms with Gasteiger partial charge >= 0.3 is 0 Å². The monoisotopic (exact) mass is 444 g/mol. The van der Waals surface area contributed by atoms with Crippen molar-refractivity contribution in [2.75, 3.05) is 13.6 Å². The van der Waals surface area contributed by atoms with Crippen molar-refractivity contribution in [2.45, 2.75) is 19.9 Å². The fraction of sp³-hybridized carbons (Fsp3) is 0.208. The summed E-state index contributed by atoms with van der Waals surface area (Å²) in [6.07, 6.45) is 2.16. The standard InChI is InChI=1S/C24H24N6O3/c1-16-20(15-26-28-16)14-25-22(31)17-8-10-18(11-9-17)23-27-21(29-33-23)12-13-30(2)24(32)19-6-4-3-5-7-19/h3-11,15H,12-14H2,1-2H3,(H,25,31)(H,26,28). The third-order valence-electron chi connectivity index (χ3n) is 5.27. The third-order valence-corrected chi connectivity index (χ3v) is 5.27. The molecule has 2 aromatic carbocycles. The van der Waals surface area contributed by atoms with Gasteiger partial charge in [-0.3, -0.25) is 14.7 Å². The highest BCUT2D eigenvalue weighted by Gasteiger charge is 2.14. The second-order valence-corrected chi connectivity index (χ2v) is 7.64. The van der Waals surface area contributed by atoms with Crippen molar-refractivity contribution in [3.05, 3.63) is 89.0 Å². The number of nitrogens with one attached hydrogen (secondary N) is 2. The summed E-state index contributed by atoms with van der Waals surface area (Å²) in [5.41, 5.74) is 3.74. The van der Waals surface area contributed by atoms with E-state index in [1.807, 2.05) is 25.1 Å². The van der Waals surface area contributed by atoms with Crippen LogP contribution in [0.25, 0.3) is 11.5 Å². The van der Waals surface area contributed by atoms with E-state index >= 15 is 0 Å². The number of benzene rings is 2. The number of H-pyrrole nitrogens is 1. The van der Waals surface area contributed by atoms with Crippen LogP contribution in [0.4, 0.5) is 0 Å². The van der Waals surface area contributed by atoms with Gasteiger partial charge in [0.2, 0.25) is 0 Å². The Morgan fingerprint density at radius 1 is 1.06 bits per heavy atom. The molecule has 0 radical (unpaired) electrons. The molecule has 9 heteroatoms. The van der Waals surface area contributed by atoms with Crippen LogP contribution in [0, 0.1) is 6.92 Å². The number of aryl methyl sites for hydroxylation is 1. The van der Waals surface area contributed by atoms with Gasteiger partial charge in [0.1, 0.15) is 0 Å². The third kappa shape index (κ3) is 5.32. The predicted octanol–water partition coefficient (Wildman–Crippen LogP) is 3.01. The first kappa shape index (κ1) is 21.9.